The van der Waals surface area contributed by atoms with E-state index in [-0.39, 0.29) is 6.04 Å². The van der Waals surface area contributed by atoms with Gasteiger partial charge in [0.1, 0.15) is 5.75 Å². The Morgan fingerprint density at radius 2 is 2.14 bits per heavy atom. The van der Waals surface area contributed by atoms with E-state index < -0.39 is 0 Å². The highest BCUT2D eigenvalue weighted by atomic mass is 16.5. The van der Waals surface area contributed by atoms with Gasteiger partial charge < -0.3 is 15.4 Å². The van der Waals surface area contributed by atoms with Gasteiger partial charge in [0.15, 0.2) is 0 Å². The third-order valence-corrected chi connectivity index (χ3v) is 3.89. The summed E-state index contributed by atoms with van der Waals surface area (Å²) < 4.78 is 5.83. The number of fused-ring (bicyclic) bond motifs is 1. The van der Waals surface area contributed by atoms with Crippen LogP contribution in [0.25, 0.3) is 0 Å². The van der Waals surface area contributed by atoms with Crippen LogP contribution in [0.2, 0.25) is 0 Å². The molecule has 3 rings (SSSR count). The molecule has 2 N–H and O–H groups in total. The molecule has 0 saturated heterocycles. The minimum Gasteiger partial charge on any atom is -0.491 e. The Morgan fingerprint density at radius 3 is 2.90 bits per heavy atom. The molecule has 0 amide bonds. The Kier molecular flexibility index (Phi) is 4.06. The molecule has 1 aliphatic rings. The number of hydrogen-bond acceptors (Lipinski definition) is 4. The molecule has 110 valence electrons. The average molecular weight is 283 g/mol. The Morgan fingerprint density at radius 1 is 1.29 bits per heavy atom. The molecule has 0 spiro atoms. The van der Waals surface area contributed by atoms with Gasteiger partial charge in [-0.2, -0.15) is 0 Å². The molecule has 0 aliphatic carbocycles. The van der Waals surface area contributed by atoms with Crippen molar-refractivity contribution in [1.29, 1.82) is 0 Å². The Labute approximate surface area is 125 Å². The first kappa shape index (κ1) is 13.9. The molecule has 1 aromatic heterocycles. The van der Waals surface area contributed by atoms with Crippen LogP contribution in [-0.4, -0.2) is 24.7 Å². The van der Waals surface area contributed by atoms with Crippen molar-refractivity contribution in [3.05, 3.63) is 53.9 Å². The predicted molar refractivity (Wildman–Crippen MR) is 84.7 cm³/mol. The van der Waals surface area contributed by atoms with Crippen LogP contribution in [-0.2, 0) is 0 Å². The summed E-state index contributed by atoms with van der Waals surface area (Å²) in [5.74, 6) is 0.938. The highest BCUT2D eigenvalue weighted by molar-refractivity contribution is 5.60. The van der Waals surface area contributed by atoms with Crippen LogP contribution in [0.1, 0.15) is 23.7 Å². The fourth-order valence-electron chi connectivity index (χ4n) is 2.80. The predicted octanol–water partition coefficient (Wildman–Crippen LogP) is 2.68. The van der Waals surface area contributed by atoms with E-state index >= 15 is 0 Å². The molecular formula is C17H21N3O. The van der Waals surface area contributed by atoms with E-state index in [1.165, 1.54) is 0 Å². The lowest BCUT2D eigenvalue weighted by molar-refractivity contribution is 0.322. The largest absolute Gasteiger partial charge is 0.491 e. The zero-order valence-electron chi connectivity index (χ0n) is 12.3. The van der Waals surface area contributed by atoms with Crippen LogP contribution in [0.4, 0.5) is 5.69 Å². The van der Waals surface area contributed by atoms with Gasteiger partial charge >= 0.3 is 0 Å². The normalized spacial score (nSPS) is 15.8. The first-order valence-electron chi connectivity index (χ1n) is 7.40. The molecule has 1 atom stereocenters. The van der Waals surface area contributed by atoms with Crippen molar-refractivity contribution < 1.29 is 4.74 Å². The molecule has 2 heterocycles. The number of aryl methyl sites for hydroxylation is 1. The lowest BCUT2D eigenvalue weighted by Gasteiger charge is -2.32. The zero-order valence-corrected chi connectivity index (χ0v) is 12.3. The average Bonchev–Trinajstić information content (AvgIpc) is 2.73. The number of nitrogens with zero attached hydrogens (tertiary/aromatic N) is 2. The summed E-state index contributed by atoms with van der Waals surface area (Å²) in [6.45, 7) is 4.24. The van der Waals surface area contributed by atoms with Gasteiger partial charge in [0.2, 0.25) is 0 Å². The maximum absolute atomic E-state index is 6.07. The maximum atomic E-state index is 6.07. The summed E-state index contributed by atoms with van der Waals surface area (Å²) in [6.07, 6.45) is 2.92. The number of pyridine rings is 1. The summed E-state index contributed by atoms with van der Waals surface area (Å²) >= 11 is 0. The van der Waals surface area contributed by atoms with Crippen molar-refractivity contribution >= 4 is 5.69 Å². The van der Waals surface area contributed by atoms with Gasteiger partial charge in [-0.15, -0.1) is 0 Å². The topological polar surface area (TPSA) is 51.4 Å². The Hall–Kier alpha value is -2.07. The molecule has 0 saturated carbocycles. The molecule has 21 heavy (non-hydrogen) atoms. The number of nitrogens with two attached hydrogens (primary N) is 1. The fourth-order valence-corrected chi connectivity index (χ4v) is 2.80. The van der Waals surface area contributed by atoms with E-state index in [4.69, 9.17) is 10.5 Å². The van der Waals surface area contributed by atoms with E-state index in [1.807, 2.05) is 37.4 Å². The molecule has 2 aromatic rings. The van der Waals surface area contributed by atoms with Crippen molar-refractivity contribution in [3.8, 4) is 5.75 Å². The molecule has 1 aliphatic heterocycles. The number of para-hydroxylation sites is 2. The van der Waals surface area contributed by atoms with Crippen molar-refractivity contribution in [1.82, 2.24) is 4.98 Å². The Bertz CT molecular complexity index is 597. The number of hydrogen-bond donors (Lipinski definition) is 1. The van der Waals surface area contributed by atoms with Gasteiger partial charge in [-0.25, -0.2) is 0 Å². The maximum Gasteiger partial charge on any atom is 0.142 e. The van der Waals surface area contributed by atoms with Gasteiger partial charge in [0.25, 0.3) is 0 Å². The van der Waals surface area contributed by atoms with Crippen molar-refractivity contribution in [2.24, 2.45) is 5.73 Å². The summed E-state index contributed by atoms with van der Waals surface area (Å²) in [5, 5.41) is 0. The van der Waals surface area contributed by atoms with Crippen LogP contribution in [0.3, 0.4) is 0 Å². The van der Waals surface area contributed by atoms with Crippen molar-refractivity contribution in [3.63, 3.8) is 0 Å². The van der Waals surface area contributed by atoms with E-state index in [1.54, 1.807) is 0 Å². The number of ether oxygens (including phenoxy) is 1. The molecule has 0 bridgehead atoms. The van der Waals surface area contributed by atoms with Gasteiger partial charge in [-0.1, -0.05) is 18.2 Å². The third kappa shape index (κ3) is 2.85. The zero-order chi connectivity index (χ0) is 14.7. The molecule has 0 fully saturated rings. The SMILES string of the molecule is Cc1ccc(C(CN)N2CCCOc3ccccc32)cn1. The van der Waals surface area contributed by atoms with Crippen LogP contribution in [0, 0.1) is 6.92 Å². The minimum absolute atomic E-state index is 0.126. The number of rotatable bonds is 3. The second kappa shape index (κ2) is 6.14. The van der Waals surface area contributed by atoms with Crippen molar-refractivity contribution in [2.45, 2.75) is 19.4 Å². The fraction of sp³-hybridized carbons (Fsp3) is 0.353. The summed E-state index contributed by atoms with van der Waals surface area (Å²) in [4.78, 5) is 6.75. The molecule has 0 radical (unpaired) electrons. The van der Waals surface area contributed by atoms with Gasteiger partial charge in [0.05, 0.1) is 18.3 Å². The number of aromatic nitrogens is 1. The van der Waals surface area contributed by atoms with Crippen LogP contribution in [0.5, 0.6) is 5.75 Å². The van der Waals surface area contributed by atoms with Crippen LogP contribution >= 0.6 is 0 Å². The van der Waals surface area contributed by atoms with E-state index in [0.717, 1.165) is 42.3 Å². The van der Waals surface area contributed by atoms with E-state index in [0.29, 0.717) is 6.54 Å². The Balaban J connectivity index is 1.98. The lowest BCUT2D eigenvalue weighted by atomic mass is 10.1. The molecule has 1 aromatic carbocycles. The highest BCUT2D eigenvalue weighted by Crippen LogP contribution is 2.35. The first-order chi connectivity index (χ1) is 10.3. The van der Waals surface area contributed by atoms with Crippen molar-refractivity contribution in [2.75, 3.05) is 24.6 Å². The second-order valence-corrected chi connectivity index (χ2v) is 5.35. The number of benzene rings is 1. The number of anilines is 1. The smallest absolute Gasteiger partial charge is 0.142 e. The molecule has 4 nitrogen and oxygen atoms in total. The van der Waals surface area contributed by atoms with E-state index in [2.05, 4.69) is 22.0 Å². The standard InChI is InChI=1S/C17H21N3O/c1-13-7-8-14(12-19-13)16(11-18)20-9-4-10-21-17-6-3-2-5-15(17)20/h2-3,5-8,12,16H,4,9-11,18H2,1H3. The minimum atomic E-state index is 0.126. The lowest BCUT2D eigenvalue weighted by Crippen LogP contribution is -2.34. The summed E-state index contributed by atoms with van der Waals surface area (Å²) in [7, 11) is 0. The first-order valence-corrected chi connectivity index (χ1v) is 7.40. The monoisotopic (exact) mass is 283 g/mol. The van der Waals surface area contributed by atoms with Gasteiger partial charge in [-0.3, -0.25) is 4.98 Å². The van der Waals surface area contributed by atoms with Crippen LogP contribution < -0.4 is 15.4 Å². The second-order valence-electron chi connectivity index (χ2n) is 5.35. The van der Waals surface area contributed by atoms with E-state index in [9.17, 15) is 0 Å². The van der Waals surface area contributed by atoms with Crippen LogP contribution in [0.15, 0.2) is 42.6 Å². The summed E-state index contributed by atoms with van der Waals surface area (Å²) in [5.41, 5.74) is 9.36. The highest BCUT2D eigenvalue weighted by Gasteiger charge is 2.24. The summed E-state index contributed by atoms with van der Waals surface area (Å²) in [6, 6.07) is 12.5. The molecule has 4 heteroatoms. The molecular weight excluding hydrogens is 262 g/mol. The third-order valence-electron chi connectivity index (χ3n) is 3.89. The van der Waals surface area contributed by atoms with Gasteiger partial charge in [-0.05, 0) is 37.1 Å². The van der Waals surface area contributed by atoms with Gasteiger partial charge in [0, 0.05) is 25.0 Å². The quantitative estimate of drug-likeness (QED) is 0.941. The molecule has 1 unspecified atom stereocenters.